The van der Waals surface area contributed by atoms with Gasteiger partial charge in [0.05, 0.1) is 17.5 Å². The third kappa shape index (κ3) is 2.85. The zero-order valence-electron chi connectivity index (χ0n) is 8.77. The van der Waals surface area contributed by atoms with Gasteiger partial charge in [-0.3, -0.25) is 0 Å². The van der Waals surface area contributed by atoms with E-state index in [0.717, 1.165) is 11.3 Å². The minimum atomic E-state index is -1.23. The molecule has 0 saturated carbocycles. The molecule has 0 aliphatic rings. The summed E-state index contributed by atoms with van der Waals surface area (Å²) in [5, 5.41) is 3.69. The van der Waals surface area contributed by atoms with Gasteiger partial charge in [0.2, 0.25) is 0 Å². The standard InChI is InChI=1S/C9H14N2O2S/c1-7-8(6-13-11-7)5-10-14(12)9(2,3)4/h5-6H,1-4H3/b10-5+/t14-/m0/s1. The predicted octanol–water partition coefficient (Wildman–Crippen LogP) is 1.86. The molecule has 5 heteroatoms. The first-order valence-electron chi connectivity index (χ1n) is 4.28. The van der Waals surface area contributed by atoms with E-state index < -0.39 is 11.4 Å². The lowest BCUT2D eigenvalue weighted by Crippen LogP contribution is -2.25. The molecule has 1 aromatic rings. The average Bonchev–Trinajstić information content (AvgIpc) is 2.45. The lowest BCUT2D eigenvalue weighted by molar-refractivity contribution is 0.415. The van der Waals surface area contributed by atoms with E-state index >= 15 is 0 Å². The summed E-state index contributed by atoms with van der Waals surface area (Å²) in [6.45, 7) is 7.44. The summed E-state index contributed by atoms with van der Waals surface area (Å²) in [5.74, 6) is 0. The van der Waals surface area contributed by atoms with E-state index in [9.17, 15) is 4.55 Å². The van der Waals surface area contributed by atoms with Crippen molar-refractivity contribution in [3.05, 3.63) is 17.5 Å². The lowest BCUT2D eigenvalue weighted by atomic mass is 10.3. The maximum atomic E-state index is 11.5. The topological polar surface area (TPSA) is 61.5 Å². The van der Waals surface area contributed by atoms with Gasteiger partial charge in [0.15, 0.2) is 0 Å². The van der Waals surface area contributed by atoms with Gasteiger partial charge in [-0.05, 0) is 27.7 Å². The largest absolute Gasteiger partial charge is 0.591 e. The average molecular weight is 214 g/mol. The highest BCUT2D eigenvalue weighted by Gasteiger charge is 2.25. The number of nitrogens with zero attached hydrogens (tertiary/aromatic N) is 2. The minimum Gasteiger partial charge on any atom is -0.591 e. The van der Waals surface area contributed by atoms with Gasteiger partial charge in [-0.25, -0.2) is 0 Å². The highest BCUT2D eigenvalue weighted by Crippen LogP contribution is 2.17. The van der Waals surface area contributed by atoms with Crippen LogP contribution in [0.1, 0.15) is 32.0 Å². The first-order chi connectivity index (χ1) is 6.41. The van der Waals surface area contributed by atoms with Crippen LogP contribution >= 0.6 is 0 Å². The number of hydrogen-bond acceptors (Lipinski definition) is 4. The Bertz CT molecular complexity index is 328. The Morgan fingerprint density at radius 3 is 2.64 bits per heavy atom. The third-order valence-electron chi connectivity index (χ3n) is 1.60. The second-order valence-electron chi connectivity index (χ2n) is 3.95. The summed E-state index contributed by atoms with van der Waals surface area (Å²) in [4.78, 5) is 0. The molecule has 0 aliphatic carbocycles. The Morgan fingerprint density at radius 1 is 1.57 bits per heavy atom. The van der Waals surface area contributed by atoms with Crippen LogP contribution in [0.4, 0.5) is 0 Å². The molecule has 78 valence electrons. The highest BCUT2D eigenvalue weighted by atomic mass is 32.2. The van der Waals surface area contributed by atoms with Crippen LogP contribution < -0.4 is 0 Å². The first kappa shape index (κ1) is 11.3. The Hall–Kier alpha value is -0.810. The van der Waals surface area contributed by atoms with Gasteiger partial charge in [-0.1, -0.05) is 9.55 Å². The quantitative estimate of drug-likeness (QED) is 0.557. The predicted molar refractivity (Wildman–Crippen MR) is 56.7 cm³/mol. The van der Waals surface area contributed by atoms with Crippen LogP contribution in [0.3, 0.4) is 0 Å². The molecular weight excluding hydrogens is 200 g/mol. The van der Waals surface area contributed by atoms with Crippen LogP contribution in [-0.4, -0.2) is 20.7 Å². The van der Waals surface area contributed by atoms with Crippen molar-refractivity contribution in [2.24, 2.45) is 4.40 Å². The Kier molecular flexibility index (Phi) is 3.34. The maximum absolute atomic E-state index is 11.5. The van der Waals surface area contributed by atoms with Crippen LogP contribution in [-0.2, 0) is 11.4 Å². The molecule has 0 spiro atoms. The highest BCUT2D eigenvalue weighted by molar-refractivity contribution is 7.91. The lowest BCUT2D eigenvalue weighted by Gasteiger charge is -2.17. The molecule has 0 N–H and O–H groups in total. The van der Waals surface area contributed by atoms with Gasteiger partial charge in [0, 0.05) is 0 Å². The second-order valence-corrected chi connectivity index (χ2v) is 5.89. The van der Waals surface area contributed by atoms with Crippen molar-refractivity contribution in [2.75, 3.05) is 0 Å². The normalized spacial score (nSPS) is 14.9. The van der Waals surface area contributed by atoms with E-state index in [1.165, 1.54) is 12.5 Å². The summed E-state index contributed by atoms with van der Waals surface area (Å²) >= 11 is -1.23. The molecule has 0 amide bonds. The van der Waals surface area contributed by atoms with Crippen molar-refractivity contribution >= 4 is 17.6 Å². The van der Waals surface area contributed by atoms with Crippen molar-refractivity contribution in [2.45, 2.75) is 32.4 Å². The van der Waals surface area contributed by atoms with Gasteiger partial charge in [-0.2, -0.15) is 0 Å². The molecule has 0 aliphatic heterocycles. The van der Waals surface area contributed by atoms with E-state index in [4.69, 9.17) is 4.52 Å². The van der Waals surface area contributed by atoms with Gasteiger partial charge in [0.25, 0.3) is 0 Å². The van der Waals surface area contributed by atoms with Crippen molar-refractivity contribution in [1.82, 2.24) is 5.16 Å². The zero-order valence-corrected chi connectivity index (χ0v) is 9.59. The summed E-state index contributed by atoms with van der Waals surface area (Å²) in [7, 11) is 0. The molecule has 4 nitrogen and oxygen atoms in total. The first-order valence-corrected chi connectivity index (χ1v) is 5.39. The molecule has 0 bridgehead atoms. The van der Waals surface area contributed by atoms with Crippen molar-refractivity contribution in [3.8, 4) is 0 Å². The van der Waals surface area contributed by atoms with Crippen molar-refractivity contribution in [3.63, 3.8) is 0 Å². The van der Waals surface area contributed by atoms with Gasteiger partial charge >= 0.3 is 0 Å². The second kappa shape index (κ2) is 4.14. The molecule has 0 aromatic carbocycles. The van der Waals surface area contributed by atoms with Crippen molar-refractivity contribution in [1.29, 1.82) is 0 Å². The summed E-state index contributed by atoms with van der Waals surface area (Å²) in [5.41, 5.74) is 1.52. The molecule has 1 heterocycles. The number of aryl methyl sites for hydroxylation is 1. The molecule has 14 heavy (non-hydrogen) atoms. The Balaban J connectivity index is 2.70. The van der Waals surface area contributed by atoms with E-state index in [2.05, 4.69) is 9.55 Å². The molecule has 1 atom stereocenters. The Morgan fingerprint density at radius 2 is 2.21 bits per heavy atom. The minimum absolute atomic E-state index is 0.332. The molecule has 1 rings (SSSR count). The van der Waals surface area contributed by atoms with E-state index in [-0.39, 0.29) is 4.75 Å². The summed E-state index contributed by atoms with van der Waals surface area (Å²) < 4.78 is 19.9. The van der Waals surface area contributed by atoms with Gasteiger partial charge in [-0.15, -0.1) is 0 Å². The van der Waals surface area contributed by atoms with Crippen LogP contribution in [0.5, 0.6) is 0 Å². The molecule has 0 saturated heterocycles. The van der Waals surface area contributed by atoms with Crippen LogP contribution in [0.2, 0.25) is 0 Å². The van der Waals surface area contributed by atoms with Gasteiger partial charge < -0.3 is 9.08 Å². The summed E-state index contributed by atoms with van der Waals surface area (Å²) in [6.07, 6.45) is 3.02. The molecule has 1 aromatic heterocycles. The van der Waals surface area contributed by atoms with Crippen LogP contribution in [0, 0.1) is 6.92 Å². The SMILES string of the molecule is Cc1nocc1/C=N/[S@@+]([O-])C(C)(C)C. The van der Waals surface area contributed by atoms with Gasteiger partial charge in [0.1, 0.15) is 22.4 Å². The number of aromatic nitrogens is 1. The smallest absolute Gasteiger partial charge is 0.144 e. The fraction of sp³-hybridized carbons (Fsp3) is 0.556. The fourth-order valence-electron chi connectivity index (χ4n) is 0.687. The molecule has 0 unspecified atom stereocenters. The zero-order chi connectivity index (χ0) is 10.8. The van der Waals surface area contributed by atoms with E-state index in [1.54, 1.807) is 0 Å². The van der Waals surface area contributed by atoms with Crippen LogP contribution in [0.25, 0.3) is 0 Å². The molecule has 0 radical (unpaired) electrons. The number of rotatable bonds is 2. The Labute approximate surface area is 86.7 Å². The third-order valence-corrected chi connectivity index (χ3v) is 2.94. The van der Waals surface area contributed by atoms with E-state index in [0.29, 0.717) is 0 Å². The number of hydrogen-bond donors (Lipinski definition) is 0. The maximum Gasteiger partial charge on any atom is 0.144 e. The molecular formula is C9H14N2O2S. The monoisotopic (exact) mass is 214 g/mol. The fourth-order valence-corrected chi connectivity index (χ4v) is 1.21. The van der Waals surface area contributed by atoms with E-state index in [1.807, 2.05) is 27.7 Å². The van der Waals surface area contributed by atoms with Crippen molar-refractivity contribution < 1.29 is 9.08 Å². The van der Waals surface area contributed by atoms with Crippen LogP contribution in [0.15, 0.2) is 15.2 Å². The molecule has 0 fully saturated rings. The summed E-state index contributed by atoms with van der Waals surface area (Å²) in [6, 6.07) is 0.